The first kappa shape index (κ1) is 6.35. The van der Waals surface area contributed by atoms with E-state index in [0.29, 0.717) is 0 Å². The van der Waals surface area contributed by atoms with Crippen molar-refractivity contribution in [3.05, 3.63) is 0 Å². The normalized spacial score (nSPS) is 39.2. The molecule has 0 amide bonds. The Morgan fingerprint density at radius 1 is 1.40 bits per heavy atom. The van der Waals surface area contributed by atoms with Gasteiger partial charge in [0.2, 0.25) is 0 Å². The molecule has 1 N–H and O–H groups in total. The minimum Gasteiger partial charge on any atom is -0.316 e. The van der Waals surface area contributed by atoms with Gasteiger partial charge in [0.15, 0.2) is 0 Å². The van der Waals surface area contributed by atoms with Crippen LogP contribution < -0.4 is 5.32 Å². The predicted octanol–water partition coefficient (Wildman–Crippen LogP) is 0.687. The van der Waals surface area contributed by atoms with E-state index in [4.69, 9.17) is 0 Å². The number of aliphatic imine (C=N–C) groups is 1. The second-order valence-corrected chi connectivity index (χ2v) is 3.30. The van der Waals surface area contributed by atoms with Gasteiger partial charge in [0.1, 0.15) is 0 Å². The molecule has 0 spiro atoms. The van der Waals surface area contributed by atoms with Crippen LogP contribution in [0, 0.1) is 11.8 Å². The van der Waals surface area contributed by atoms with Gasteiger partial charge in [-0.1, -0.05) is 0 Å². The van der Waals surface area contributed by atoms with Crippen molar-refractivity contribution in [2.75, 3.05) is 19.6 Å². The van der Waals surface area contributed by atoms with Crippen LogP contribution in [0.15, 0.2) is 4.99 Å². The number of nitrogens with one attached hydrogen (secondary N) is 1. The predicted molar refractivity (Wildman–Crippen MR) is 42.4 cm³/mol. The molecule has 2 nitrogen and oxygen atoms in total. The molecule has 2 unspecified atom stereocenters. The van der Waals surface area contributed by atoms with Gasteiger partial charge < -0.3 is 5.32 Å². The van der Waals surface area contributed by atoms with Gasteiger partial charge >= 0.3 is 0 Å². The van der Waals surface area contributed by atoms with Crippen LogP contribution in [-0.4, -0.2) is 25.8 Å². The molecule has 0 aromatic heterocycles. The molecule has 0 bridgehead atoms. The fraction of sp³-hybridized carbons (Fsp3) is 0.875. The average Bonchev–Trinajstić information content (AvgIpc) is 2.05. The lowest BCUT2D eigenvalue weighted by molar-refractivity contribution is 0.261. The van der Waals surface area contributed by atoms with Crippen LogP contribution in [0.25, 0.3) is 0 Å². The highest BCUT2D eigenvalue weighted by Crippen LogP contribution is 2.24. The molecule has 2 aliphatic heterocycles. The third-order valence-corrected chi connectivity index (χ3v) is 2.64. The van der Waals surface area contributed by atoms with Crippen LogP contribution in [0.5, 0.6) is 0 Å². The maximum Gasteiger partial charge on any atom is 0.0428 e. The standard InChI is InChI=1S/C8H14N2/c1-3-9-5-8-6-10-4-2-7(1)8/h3,7-8,10H,1-2,4-6H2. The second kappa shape index (κ2) is 2.70. The van der Waals surface area contributed by atoms with E-state index in [2.05, 4.69) is 16.5 Å². The molecular weight excluding hydrogens is 124 g/mol. The SMILES string of the molecule is C1=NCC2CNCCC2C1. The van der Waals surface area contributed by atoms with Gasteiger partial charge in [-0.25, -0.2) is 0 Å². The summed E-state index contributed by atoms with van der Waals surface area (Å²) in [4.78, 5) is 4.30. The molecule has 2 heterocycles. The summed E-state index contributed by atoms with van der Waals surface area (Å²) < 4.78 is 0. The molecule has 2 heteroatoms. The van der Waals surface area contributed by atoms with E-state index < -0.39 is 0 Å². The molecule has 56 valence electrons. The number of piperidine rings is 1. The summed E-state index contributed by atoms with van der Waals surface area (Å²) in [5.41, 5.74) is 0. The van der Waals surface area contributed by atoms with E-state index in [1.54, 1.807) is 0 Å². The fourth-order valence-corrected chi connectivity index (χ4v) is 1.92. The van der Waals surface area contributed by atoms with Gasteiger partial charge in [-0.05, 0) is 44.0 Å². The number of rotatable bonds is 0. The highest BCUT2D eigenvalue weighted by molar-refractivity contribution is 5.58. The molecule has 0 radical (unpaired) electrons. The van der Waals surface area contributed by atoms with Gasteiger partial charge in [-0.2, -0.15) is 0 Å². The summed E-state index contributed by atoms with van der Waals surface area (Å²) in [6.07, 6.45) is 4.69. The van der Waals surface area contributed by atoms with Crippen molar-refractivity contribution in [1.29, 1.82) is 0 Å². The zero-order valence-electron chi connectivity index (χ0n) is 6.21. The van der Waals surface area contributed by atoms with Crippen LogP contribution in [0.1, 0.15) is 12.8 Å². The molecule has 2 rings (SSSR count). The van der Waals surface area contributed by atoms with E-state index >= 15 is 0 Å². The molecule has 0 aromatic rings. The smallest absolute Gasteiger partial charge is 0.0428 e. The quantitative estimate of drug-likeness (QED) is 0.523. The summed E-state index contributed by atoms with van der Waals surface area (Å²) in [7, 11) is 0. The second-order valence-electron chi connectivity index (χ2n) is 3.30. The lowest BCUT2D eigenvalue weighted by Crippen LogP contribution is -2.39. The summed E-state index contributed by atoms with van der Waals surface area (Å²) in [6, 6.07) is 0. The molecule has 2 aliphatic rings. The van der Waals surface area contributed by atoms with Crippen LogP contribution in [0.2, 0.25) is 0 Å². The number of hydrogen-bond donors (Lipinski definition) is 1. The fourth-order valence-electron chi connectivity index (χ4n) is 1.92. The first-order chi connectivity index (χ1) is 4.97. The summed E-state index contributed by atoms with van der Waals surface area (Å²) in [5.74, 6) is 1.79. The Kier molecular flexibility index (Phi) is 1.72. The van der Waals surface area contributed by atoms with Crippen molar-refractivity contribution in [1.82, 2.24) is 5.32 Å². The first-order valence-corrected chi connectivity index (χ1v) is 4.16. The van der Waals surface area contributed by atoms with E-state index in [1.807, 2.05) is 0 Å². The molecule has 0 aromatic carbocycles. The summed E-state index contributed by atoms with van der Waals surface area (Å²) in [6.45, 7) is 3.48. The minimum absolute atomic E-state index is 0.846. The van der Waals surface area contributed by atoms with Crippen molar-refractivity contribution < 1.29 is 0 Å². The molecule has 2 atom stereocenters. The lowest BCUT2D eigenvalue weighted by Gasteiger charge is -2.32. The summed E-state index contributed by atoms with van der Waals surface area (Å²) >= 11 is 0. The Hall–Kier alpha value is -0.370. The number of hydrogen-bond acceptors (Lipinski definition) is 2. The number of nitrogens with zero attached hydrogens (tertiary/aromatic N) is 1. The molecule has 0 saturated carbocycles. The molecule has 1 saturated heterocycles. The molecule has 0 aliphatic carbocycles. The zero-order valence-corrected chi connectivity index (χ0v) is 6.21. The van der Waals surface area contributed by atoms with Crippen molar-refractivity contribution >= 4 is 6.21 Å². The van der Waals surface area contributed by atoms with Crippen molar-refractivity contribution in [2.24, 2.45) is 16.8 Å². The van der Waals surface area contributed by atoms with Crippen LogP contribution >= 0.6 is 0 Å². The monoisotopic (exact) mass is 138 g/mol. The maximum absolute atomic E-state index is 4.30. The topological polar surface area (TPSA) is 24.4 Å². The zero-order chi connectivity index (χ0) is 6.81. The van der Waals surface area contributed by atoms with Crippen LogP contribution in [0.3, 0.4) is 0 Å². The van der Waals surface area contributed by atoms with Crippen molar-refractivity contribution in [3.63, 3.8) is 0 Å². The highest BCUT2D eigenvalue weighted by atomic mass is 14.9. The Morgan fingerprint density at radius 3 is 3.30 bits per heavy atom. The van der Waals surface area contributed by atoms with Gasteiger partial charge in [-0.3, -0.25) is 4.99 Å². The Balaban J connectivity index is 2.01. The van der Waals surface area contributed by atoms with E-state index in [9.17, 15) is 0 Å². The minimum atomic E-state index is 0.846. The van der Waals surface area contributed by atoms with Gasteiger partial charge in [-0.15, -0.1) is 0 Å². The van der Waals surface area contributed by atoms with Gasteiger partial charge in [0.05, 0.1) is 0 Å². The van der Waals surface area contributed by atoms with Gasteiger partial charge in [0, 0.05) is 6.54 Å². The highest BCUT2D eigenvalue weighted by Gasteiger charge is 2.25. The molecule has 10 heavy (non-hydrogen) atoms. The Morgan fingerprint density at radius 2 is 2.40 bits per heavy atom. The van der Waals surface area contributed by atoms with Crippen molar-refractivity contribution in [2.45, 2.75) is 12.8 Å². The lowest BCUT2D eigenvalue weighted by atomic mass is 9.83. The van der Waals surface area contributed by atoms with E-state index in [-0.39, 0.29) is 0 Å². The van der Waals surface area contributed by atoms with Crippen LogP contribution in [-0.2, 0) is 0 Å². The van der Waals surface area contributed by atoms with Gasteiger partial charge in [0.25, 0.3) is 0 Å². The third-order valence-electron chi connectivity index (χ3n) is 2.64. The van der Waals surface area contributed by atoms with Crippen molar-refractivity contribution in [3.8, 4) is 0 Å². The van der Waals surface area contributed by atoms with E-state index in [0.717, 1.165) is 18.4 Å². The Bertz CT molecular complexity index is 126. The first-order valence-electron chi connectivity index (χ1n) is 4.16. The maximum atomic E-state index is 4.30. The molecular formula is C8H14N2. The van der Waals surface area contributed by atoms with E-state index in [1.165, 1.54) is 25.9 Å². The Labute approximate surface area is 61.7 Å². The molecule has 1 fully saturated rings. The summed E-state index contributed by atoms with van der Waals surface area (Å²) in [5, 5.41) is 3.41. The number of fused-ring (bicyclic) bond motifs is 1. The van der Waals surface area contributed by atoms with Crippen LogP contribution in [0.4, 0.5) is 0 Å². The average molecular weight is 138 g/mol. The third kappa shape index (κ3) is 1.08. The largest absolute Gasteiger partial charge is 0.316 e.